The predicted octanol–water partition coefficient (Wildman–Crippen LogP) is 2.32. The third-order valence-corrected chi connectivity index (χ3v) is 7.64. The van der Waals surface area contributed by atoms with Crippen molar-refractivity contribution in [3.05, 3.63) is 70.9 Å². The summed E-state index contributed by atoms with van der Waals surface area (Å²) in [5.74, 6) is -0.411. The van der Waals surface area contributed by atoms with E-state index in [-0.39, 0.29) is 22.1 Å². The Labute approximate surface area is 188 Å². The number of nitrogens with zero attached hydrogens (tertiary/aromatic N) is 4. The van der Waals surface area contributed by atoms with Crippen LogP contribution in [0, 0.1) is 5.82 Å². The van der Waals surface area contributed by atoms with E-state index in [1.54, 1.807) is 31.5 Å². The van der Waals surface area contributed by atoms with E-state index in [1.165, 1.54) is 39.3 Å². The Morgan fingerprint density at radius 2 is 1.94 bits per heavy atom. The lowest BCUT2D eigenvalue weighted by atomic mass is 10.1. The Balaban J connectivity index is 1.42. The van der Waals surface area contributed by atoms with E-state index in [2.05, 4.69) is 15.3 Å². The van der Waals surface area contributed by atoms with E-state index in [0.29, 0.717) is 41.8 Å². The number of methoxy groups -OCH3 is 1. The molecule has 9 nitrogen and oxygen atoms in total. The molecule has 3 heterocycles. The number of nitrogens with one attached hydrogen (secondary N) is 1. The van der Waals surface area contributed by atoms with E-state index < -0.39 is 15.8 Å². The standard InChI is InChI=1S/C22H20FN5O4S/c1-32-17-8-9-27(12-17)33(30,31)18-5-3-16(4-6-18)28-13-21(25-26-28)19-11-14-10-15(23)2-7-20(14)24-22(19)29/h2-7,10-11,13,17H,8-9,12H2,1H3,(H,24,29)/t17-/m1/s1. The van der Waals surface area contributed by atoms with Gasteiger partial charge in [0.05, 0.1) is 28.4 Å². The number of pyridine rings is 1. The van der Waals surface area contributed by atoms with Gasteiger partial charge in [-0.2, -0.15) is 4.31 Å². The van der Waals surface area contributed by atoms with Crippen molar-refractivity contribution in [2.75, 3.05) is 20.2 Å². The minimum atomic E-state index is -3.62. The number of hydrogen-bond acceptors (Lipinski definition) is 6. The van der Waals surface area contributed by atoms with Crippen molar-refractivity contribution in [1.82, 2.24) is 24.3 Å². The van der Waals surface area contributed by atoms with Crippen LogP contribution >= 0.6 is 0 Å². The van der Waals surface area contributed by atoms with Crippen LogP contribution in [0.3, 0.4) is 0 Å². The summed E-state index contributed by atoms with van der Waals surface area (Å²) < 4.78 is 47.4. The van der Waals surface area contributed by atoms with E-state index in [0.717, 1.165) is 0 Å². The van der Waals surface area contributed by atoms with Gasteiger partial charge >= 0.3 is 0 Å². The smallest absolute Gasteiger partial charge is 0.258 e. The topological polar surface area (TPSA) is 110 Å². The van der Waals surface area contributed by atoms with Crippen LogP contribution in [0.4, 0.5) is 4.39 Å². The molecule has 1 N–H and O–H groups in total. The Kier molecular flexibility index (Phi) is 5.31. The number of fused-ring (bicyclic) bond motifs is 1. The molecule has 1 aliphatic rings. The lowest BCUT2D eigenvalue weighted by molar-refractivity contribution is 0.115. The summed E-state index contributed by atoms with van der Waals surface area (Å²) in [7, 11) is -2.04. The SMILES string of the molecule is CO[C@@H]1CCN(S(=O)(=O)c2ccc(-n3cc(-c4cc5cc(F)ccc5[nH]c4=O)nn3)cc2)C1. The number of halogens is 1. The fourth-order valence-electron chi connectivity index (χ4n) is 3.91. The predicted molar refractivity (Wildman–Crippen MR) is 119 cm³/mol. The van der Waals surface area contributed by atoms with Crippen LogP contribution in [0.5, 0.6) is 0 Å². The number of aromatic amines is 1. The highest BCUT2D eigenvalue weighted by Gasteiger charge is 2.32. The zero-order chi connectivity index (χ0) is 23.2. The maximum Gasteiger partial charge on any atom is 0.258 e. The average molecular weight is 469 g/mol. The number of sulfonamides is 1. The zero-order valence-electron chi connectivity index (χ0n) is 17.6. The van der Waals surface area contributed by atoms with Gasteiger partial charge < -0.3 is 9.72 Å². The second-order valence-electron chi connectivity index (χ2n) is 7.80. The van der Waals surface area contributed by atoms with Gasteiger partial charge in [-0.1, -0.05) is 5.21 Å². The number of hydrogen-bond donors (Lipinski definition) is 1. The maximum absolute atomic E-state index is 13.6. The molecule has 4 aromatic rings. The summed E-state index contributed by atoms with van der Waals surface area (Å²) >= 11 is 0. The lowest BCUT2D eigenvalue weighted by Crippen LogP contribution is -2.30. The van der Waals surface area contributed by atoms with Crippen LogP contribution in [0.15, 0.2) is 64.4 Å². The highest BCUT2D eigenvalue weighted by atomic mass is 32.2. The monoisotopic (exact) mass is 469 g/mol. The van der Waals surface area contributed by atoms with Crippen LogP contribution in [-0.2, 0) is 14.8 Å². The van der Waals surface area contributed by atoms with Gasteiger partial charge in [-0.25, -0.2) is 17.5 Å². The first-order valence-electron chi connectivity index (χ1n) is 10.2. The normalized spacial score (nSPS) is 17.1. The fraction of sp³-hybridized carbons (Fsp3) is 0.227. The first kappa shape index (κ1) is 21.4. The minimum absolute atomic E-state index is 0.0950. The van der Waals surface area contributed by atoms with Crippen molar-refractivity contribution in [3.63, 3.8) is 0 Å². The second kappa shape index (κ2) is 8.18. The Hall–Kier alpha value is -3.41. The molecule has 5 rings (SSSR count). The summed E-state index contributed by atoms with van der Waals surface area (Å²) in [5, 5.41) is 8.65. The maximum atomic E-state index is 13.6. The van der Waals surface area contributed by atoms with Crippen molar-refractivity contribution < 1.29 is 17.5 Å². The molecule has 170 valence electrons. The van der Waals surface area contributed by atoms with Gasteiger partial charge in [0.1, 0.15) is 11.5 Å². The van der Waals surface area contributed by atoms with E-state index in [1.807, 2.05) is 0 Å². The molecule has 0 amide bonds. The average Bonchev–Trinajstić information content (AvgIpc) is 3.49. The van der Waals surface area contributed by atoms with Gasteiger partial charge in [0.25, 0.3) is 5.56 Å². The first-order chi connectivity index (χ1) is 15.8. The van der Waals surface area contributed by atoms with Crippen LogP contribution < -0.4 is 5.56 Å². The van der Waals surface area contributed by atoms with Gasteiger partial charge in [0, 0.05) is 31.1 Å². The summed E-state index contributed by atoms with van der Waals surface area (Å²) in [4.78, 5) is 15.4. The molecule has 0 spiro atoms. The minimum Gasteiger partial charge on any atom is -0.380 e. The number of rotatable bonds is 5. The molecule has 2 aromatic heterocycles. The van der Waals surface area contributed by atoms with Crippen molar-refractivity contribution >= 4 is 20.9 Å². The third kappa shape index (κ3) is 3.94. The quantitative estimate of drug-likeness (QED) is 0.480. The van der Waals surface area contributed by atoms with Gasteiger partial charge in [-0.15, -0.1) is 5.10 Å². The summed E-state index contributed by atoms with van der Waals surface area (Å²) in [6.07, 6.45) is 2.13. The molecule has 11 heteroatoms. The molecule has 0 radical (unpaired) electrons. The highest BCUT2D eigenvalue weighted by molar-refractivity contribution is 7.89. The second-order valence-corrected chi connectivity index (χ2v) is 9.73. The number of H-pyrrole nitrogens is 1. The number of aromatic nitrogens is 4. The van der Waals surface area contributed by atoms with E-state index in [4.69, 9.17) is 4.74 Å². The largest absolute Gasteiger partial charge is 0.380 e. The molecule has 1 aliphatic heterocycles. The van der Waals surface area contributed by atoms with E-state index >= 15 is 0 Å². The van der Waals surface area contributed by atoms with Gasteiger partial charge in [-0.05, 0) is 55.0 Å². The fourth-order valence-corrected chi connectivity index (χ4v) is 5.40. The molecule has 1 atom stereocenters. The first-order valence-corrected chi connectivity index (χ1v) is 11.7. The highest BCUT2D eigenvalue weighted by Crippen LogP contribution is 2.24. The van der Waals surface area contributed by atoms with Crippen LogP contribution in [0.1, 0.15) is 6.42 Å². The Bertz CT molecular complexity index is 1500. The summed E-state index contributed by atoms with van der Waals surface area (Å²) in [6.45, 7) is 0.746. The van der Waals surface area contributed by atoms with Crippen molar-refractivity contribution in [1.29, 1.82) is 0 Å². The van der Waals surface area contributed by atoms with Gasteiger partial charge in [0.2, 0.25) is 10.0 Å². The van der Waals surface area contributed by atoms with Crippen molar-refractivity contribution in [2.45, 2.75) is 17.4 Å². The van der Waals surface area contributed by atoms with Crippen LogP contribution in [0.25, 0.3) is 27.8 Å². The molecule has 0 unspecified atom stereocenters. The molecule has 0 aliphatic carbocycles. The number of ether oxygens (including phenoxy) is 1. The lowest BCUT2D eigenvalue weighted by Gasteiger charge is -2.16. The molecular weight excluding hydrogens is 449 g/mol. The van der Waals surface area contributed by atoms with Gasteiger partial charge in [0.15, 0.2) is 0 Å². The third-order valence-electron chi connectivity index (χ3n) is 5.76. The molecule has 33 heavy (non-hydrogen) atoms. The molecule has 2 aromatic carbocycles. The Morgan fingerprint density at radius 1 is 1.15 bits per heavy atom. The Morgan fingerprint density at radius 3 is 2.67 bits per heavy atom. The molecular formula is C22H20FN5O4S. The van der Waals surface area contributed by atoms with Crippen molar-refractivity contribution in [3.8, 4) is 16.9 Å². The van der Waals surface area contributed by atoms with Crippen molar-refractivity contribution in [2.24, 2.45) is 0 Å². The summed E-state index contributed by atoms with van der Waals surface area (Å²) in [5.41, 5.74) is 1.28. The number of benzene rings is 2. The van der Waals surface area contributed by atoms with Crippen LogP contribution in [0.2, 0.25) is 0 Å². The van der Waals surface area contributed by atoms with E-state index in [9.17, 15) is 17.6 Å². The molecule has 0 saturated carbocycles. The molecule has 0 bridgehead atoms. The van der Waals surface area contributed by atoms with Gasteiger partial charge in [-0.3, -0.25) is 4.79 Å². The molecule has 1 fully saturated rings. The molecule has 1 saturated heterocycles. The zero-order valence-corrected chi connectivity index (χ0v) is 18.4. The van der Waals surface area contributed by atoms with Crippen LogP contribution in [-0.4, -0.2) is 59.0 Å². The summed E-state index contributed by atoms with van der Waals surface area (Å²) in [6, 6.07) is 11.9.